The van der Waals surface area contributed by atoms with Crippen molar-refractivity contribution < 1.29 is 9.53 Å². The molecule has 0 atom stereocenters. The highest BCUT2D eigenvalue weighted by Crippen LogP contribution is 2.22. The number of esters is 1. The Morgan fingerprint density at radius 2 is 2.43 bits per heavy atom. The third kappa shape index (κ3) is 1.39. The molecule has 0 unspecified atom stereocenters. The lowest BCUT2D eigenvalue weighted by molar-refractivity contribution is 0.0595. The van der Waals surface area contributed by atoms with Gasteiger partial charge in [-0.25, -0.2) is 4.79 Å². The van der Waals surface area contributed by atoms with Gasteiger partial charge in [0.05, 0.1) is 7.11 Å². The molecule has 0 saturated carbocycles. The van der Waals surface area contributed by atoms with Crippen LogP contribution in [0.1, 0.15) is 10.5 Å². The van der Waals surface area contributed by atoms with Crippen LogP contribution in [0.25, 0.3) is 11.3 Å². The Labute approximate surface area is 83.7 Å². The molecule has 2 aromatic heterocycles. The average molecular weight is 209 g/mol. The summed E-state index contributed by atoms with van der Waals surface area (Å²) in [5.74, 6) is -0.486. The number of hydrogen-bond acceptors (Lipinski definition) is 5. The molecular formula is C8H7N3O2S. The minimum absolute atomic E-state index is 0.214. The number of carbonyl (C=O) groups excluding carboxylic acids is 1. The van der Waals surface area contributed by atoms with E-state index < -0.39 is 5.97 Å². The Kier molecular flexibility index (Phi) is 2.28. The summed E-state index contributed by atoms with van der Waals surface area (Å²) in [5.41, 5.74) is 1.60. The Morgan fingerprint density at radius 1 is 1.57 bits per heavy atom. The van der Waals surface area contributed by atoms with Crippen LogP contribution in [-0.2, 0) is 4.74 Å². The van der Waals surface area contributed by atoms with E-state index in [1.807, 2.05) is 16.8 Å². The molecule has 14 heavy (non-hydrogen) atoms. The fourth-order valence-electron chi connectivity index (χ4n) is 1.07. The standard InChI is InChI=1S/C8H7N3O2S/c1-13-8(12)7-6(9-11-10-7)5-2-3-14-4-5/h2-4H,1H3,(H,9,10,11). The molecule has 0 aromatic carbocycles. The van der Waals surface area contributed by atoms with Crippen molar-refractivity contribution in [1.29, 1.82) is 0 Å². The Bertz CT molecular complexity index is 435. The van der Waals surface area contributed by atoms with E-state index in [1.165, 1.54) is 18.4 Å². The summed E-state index contributed by atoms with van der Waals surface area (Å²) in [5, 5.41) is 13.8. The van der Waals surface area contributed by atoms with Gasteiger partial charge in [0.15, 0.2) is 5.69 Å². The molecule has 0 aliphatic rings. The second kappa shape index (κ2) is 3.59. The number of rotatable bonds is 2. The lowest BCUT2D eigenvalue weighted by Gasteiger charge is -1.95. The van der Waals surface area contributed by atoms with Crippen LogP contribution in [0.4, 0.5) is 0 Å². The molecule has 0 bridgehead atoms. The zero-order valence-electron chi connectivity index (χ0n) is 7.35. The summed E-state index contributed by atoms with van der Waals surface area (Å²) in [6.07, 6.45) is 0. The molecule has 5 nitrogen and oxygen atoms in total. The van der Waals surface area contributed by atoms with Gasteiger partial charge >= 0.3 is 5.97 Å². The number of aromatic amines is 1. The predicted octanol–water partition coefficient (Wildman–Crippen LogP) is 1.32. The molecule has 1 N–H and O–H groups in total. The summed E-state index contributed by atoms with van der Waals surface area (Å²) in [6, 6.07) is 1.87. The van der Waals surface area contributed by atoms with Gasteiger partial charge in [-0.1, -0.05) is 0 Å². The van der Waals surface area contributed by atoms with E-state index in [9.17, 15) is 4.79 Å². The van der Waals surface area contributed by atoms with E-state index in [4.69, 9.17) is 0 Å². The van der Waals surface area contributed by atoms with Crippen LogP contribution in [0, 0.1) is 0 Å². The SMILES string of the molecule is COC(=O)c1n[nH]nc1-c1ccsc1. The zero-order chi connectivity index (χ0) is 9.97. The van der Waals surface area contributed by atoms with E-state index >= 15 is 0 Å². The van der Waals surface area contributed by atoms with E-state index in [2.05, 4.69) is 20.1 Å². The van der Waals surface area contributed by atoms with Gasteiger partial charge in [0.25, 0.3) is 0 Å². The minimum Gasteiger partial charge on any atom is -0.464 e. The van der Waals surface area contributed by atoms with Gasteiger partial charge in [0.1, 0.15) is 5.69 Å². The summed E-state index contributed by atoms with van der Waals surface area (Å²) >= 11 is 1.53. The first kappa shape index (κ1) is 8.89. The molecular weight excluding hydrogens is 202 g/mol. The molecule has 2 aromatic rings. The minimum atomic E-state index is -0.486. The van der Waals surface area contributed by atoms with E-state index in [0.29, 0.717) is 5.69 Å². The number of nitrogens with zero attached hydrogens (tertiary/aromatic N) is 2. The van der Waals surface area contributed by atoms with Crippen molar-refractivity contribution in [3.05, 3.63) is 22.5 Å². The lowest BCUT2D eigenvalue weighted by Crippen LogP contribution is -2.03. The monoisotopic (exact) mass is 209 g/mol. The molecule has 0 spiro atoms. The lowest BCUT2D eigenvalue weighted by atomic mass is 10.2. The molecule has 2 rings (SSSR count). The normalized spacial score (nSPS) is 10.1. The number of nitrogens with one attached hydrogen (secondary N) is 1. The largest absolute Gasteiger partial charge is 0.464 e. The number of methoxy groups -OCH3 is 1. The zero-order valence-corrected chi connectivity index (χ0v) is 8.17. The first-order chi connectivity index (χ1) is 6.83. The Balaban J connectivity index is 2.45. The first-order valence-corrected chi connectivity index (χ1v) is 4.79. The van der Waals surface area contributed by atoms with Gasteiger partial charge in [-0.3, -0.25) is 0 Å². The van der Waals surface area contributed by atoms with E-state index in [1.54, 1.807) is 0 Å². The number of ether oxygens (including phenoxy) is 1. The number of aromatic nitrogens is 3. The van der Waals surface area contributed by atoms with Crippen molar-refractivity contribution in [3.8, 4) is 11.3 Å². The molecule has 0 saturated heterocycles. The second-order valence-electron chi connectivity index (χ2n) is 2.52. The molecule has 0 amide bonds. The molecule has 0 radical (unpaired) electrons. The third-order valence-electron chi connectivity index (χ3n) is 1.72. The van der Waals surface area contributed by atoms with Crippen LogP contribution in [0.3, 0.4) is 0 Å². The highest BCUT2D eigenvalue weighted by molar-refractivity contribution is 7.08. The van der Waals surface area contributed by atoms with Crippen LogP contribution < -0.4 is 0 Å². The third-order valence-corrected chi connectivity index (χ3v) is 2.40. The summed E-state index contributed by atoms with van der Waals surface area (Å²) in [4.78, 5) is 11.2. The van der Waals surface area contributed by atoms with Crippen molar-refractivity contribution in [2.45, 2.75) is 0 Å². The van der Waals surface area contributed by atoms with Gasteiger partial charge in [0, 0.05) is 10.9 Å². The quantitative estimate of drug-likeness (QED) is 0.757. The maximum Gasteiger partial charge on any atom is 0.360 e. The topological polar surface area (TPSA) is 67.9 Å². The van der Waals surface area contributed by atoms with Gasteiger partial charge in [-0.15, -0.1) is 5.10 Å². The van der Waals surface area contributed by atoms with Crippen LogP contribution in [0.2, 0.25) is 0 Å². The van der Waals surface area contributed by atoms with Crippen molar-refractivity contribution in [3.63, 3.8) is 0 Å². The highest BCUT2D eigenvalue weighted by Gasteiger charge is 2.18. The number of H-pyrrole nitrogens is 1. The van der Waals surface area contributed by atoms with Crippen LogP contribution in [-0.4, -0.2) is 28.5 Å². The van der Waals surface area contributed by atoms with Crippen molar-refractivity contribution in [2.75, 3.05) is 7.11 Å². The molecule has 0 aliphatic carbocycles. The molecule has 2 heterocycles. The Hall–Kier alpha value is -1.69. The van der Waals surface area contributed by atoms with Gasteiger partial charge in [0.2, 0.25) is 0 Å². The molecule has 6 heteroatoms. The van der Waals surface area contributed by atoms with Crippen LogP contribution in [0.5, 0.6) is 0 Å². The van der Waals surface area contributed by atoms with Gasteiger partial charge in [-0.2, -0.15) is 21.6 Å². The van der Waals surface area contributed by atoms with Gasteiger partial charge < -0.3 is 4.74 Å². The average Bonchev–Trinajstić information content (AvgIpc) is 2.85. The smallest absolute Gasteiger partial charge is 0.360 e. The maximum absolute atomic E-state index is 11.2. The predicted molar refractivity (Wildman–Crippen MR) is 51.0 cm³/mol. The number of thiophene rings is 1. The maximum atomic E-state index is 11.2. The molecule has 72 valence electrons. The number of hydrogen-bond donors (Lipinski definition) is 1. The fraction of sp³-hybridized carbons (Fsp3) is 0.125. The van der Waals surface area contributed by atoms with Crippen LogP contribution >= 0.6 is 11.3 Å². The Morgan fingerprint density at radius 3 is 3.07 bits per heavy atom. The van der Waals surface area contributed by atoms with E-state index in [0.717, 1.165) is 5.56 Å². The fourth-order valence-corrected chi connectivity index (χ4v) is 1.71. The first-order valence-electron chi connectivity index (χ1n) is 3.84. The van der Waals surface area contributed by atoms with Gasteiger partial charge in [-0.05, 0) is 11.4 Å². The highest BCUT2D eigenvalue weighted by atomic mass is 32.1. The second-order valence-corrected chi connectivity index (χ2v) is 3.30. The van der Waals surface area contributed by atoms with E-state index in [-0.39, 0.29) is 5.69 Å². The summed E-state index contributed by atoms with van der Waals surface area (Å²) in [6.45, 7) is 0. The number of carbonyl (C=O) groups is 1. The summed E-state index contributed by atoms with van der Waals surface area (Å²) in [7, 11) is 1.31. The molecule has 0 aliphatic heterocycles. The summed E-state index contributed by atoms with van der Waals surface area (Å²) < 4.78 is 4.58. The van der Waals surface area contributed by atoms with Crippen molar-refractivity contribution in [1.82, 2.24) is 15.4 Å². The van der Waals surface area contributed by atoms with Crippen molar-refractivity contribution >= 4 is 17.3 Å². The van der Waals surface area contributed by atoms with Crippen LogP contribution in [0.15, 0.2) is 16.8 Å². The van der Waals surface area contributed by atoms with Crippen molar-refractivity contribution in [2.24, 2.45) is 0 Å². The molecule has 0 fully saturated rings.